The molecule has 1 rings (SSSR count). The fourth-order valence-corrected chi connectivity index (χ4v) is 1.35. The van der Waals surface area contributed by atoms with Gasteiger partial charge >= 0.3 is 0 Å². The van der Waals surface area contributed by atoms with E-state index in [9.17, 15) is 0 Å². The van der Waals surface area contributed by atoms with Crippen molar-refractivity contribution in [3.05, 3.63) is 0 Å². The molecule has 1 aliphatic rings. The second-order valence-electron chi connectivity index (χ2n) is 3.02. The summed E-state index contributed by atoms with van der Waals surface area (Å²) in [5.74, 6) is 2.20. The maximum Gasteiger partial charge on any atom is -0.00979 e. The first-order valence-electron chi connectivity index (χ1n) is 4.04. The predicted molar refractivity (Wildman–Crippen MR) is 45.0 cm³/mol. The first-order chi connectivity index (χ1) is 4.43. The molecule has 54 valence electrons. The third kappa shape index (κ3) is 3.85. The Balaban J connectivity index is 1.71. The van der Waals surface area contributed by atoms with Crippen LogP contribution in [0.2, 0.25) is 0 Å². The highest BCUT2D eigenvalue weighted by molar-refractivity contribution is 7.80. The van der Waals surface area contributed by atoms with E-state index in [1.165, 1.54) is 38.5 Å². The van der Waals surface area contributed by atoms with Crippen LogP contribution in [0, 0.1) is 5.92 Å². The first kappa shape index (κ1) is 7.46. The molecule has 0 atom stereocenters. The van der Waals surface area contributed by atoms with E-state index in [-0.39, 0.29) is 0 Å². The summed E-state index contributed by atoms with van der Waals surface area (Å²) >= 11 is 4.16. The highest BCUT2D eigenvalue weighted by Crippen LogP contribution is 2.33. The van der Waals surface area contributed by atoms with Crippen molar-refractivity contribution in [3.63, 3.8) is 0 Å². The average molecular weight is 144 g/mol. The zero-order valence-electron chi connectivity index (χ0n) is 5.97. The molecule has 1 saturated carbocycles. The quantitative estimate of drug-likeness (QED) is 0.445. The minimum absolute atomic E-state index is 1.07. The molecule has 1 fully saturated rings. The molecule has 1 aliphatic carbocycles. The highest BCUT2D eigenvalue weighted by atomic mass is 32.1. The summed E-state index contributed by atoms with van der Waals surface area (Å²) in [6.07, 6.45) is 8.69. The van der Waals surface area contributed by atoms with Crippen LogP contribution in [-0.2, 0) is 0 Å². The second kappa shape index (κ2) is 4.21. The summed E-state index contributed by atoms with van der Waals surface area (Å²) in [7, 11) is 0. The number of unbranched alkanes of at least 4 members (excludes halogenated alkanes) is 2. The summed E-state index contributed by atoms with van der Waals surface area (Å²) in [5, 5.41) is 0. The van der Waals surface area contributed by atoms with Gasteiger partial charge in [-0.3, -0.25) is 0 Å². The van der Waals surface area contributed by atoms with Crippen LogP contribution in [-0.4, -0.2) is 5.75 Å². The van der Waals surface area contributed by atoms with Gasteiger partial charge < -0.3 is 0 Å². The van der Waals surface area contributed by atoms with Gasteiger partial charge in [-0.1, -0.05) is 32.1 Å². The molecular formula is C8H16S. The lowest BCUT2D eigenvalue weighted by molar-refractivity contribution is 0.623. The molecule has 0 unspecified atom stereocenters. The molecule has 9 heavy (non-hydrogen) atoms. The Morgan fingerprint density at radius 1 is 1.11 bits per heavy atom. The number of thiol groups is 1. The van der Waals surface area contributed by atoms with Gasteiger partial charge in [0.05, 0.1) is 0 Å². The molecule has 0 spiro atoms. The second-order valence-corrected chi connectivity index (χ2v) is 3.46. The molecule has 0 aromatic heterocycles. The lowest BCUT2D eigenvalue weighted by Crippen LogP contribution is -1.79. The van der Waals surface area contributed by atoms with Crippen LogP contribution in [0.15, 0.2) is 0 Å². The van der Waals surface area contributed by atoms with Crippen LogP contribution in [0.3, 0.4) is 0 Å². The Hall–Kier alpha value is 0.350. The third-order valence-electron chi connectivity index (χ3n) is 1.97. The van der Waals surface area contributed by atoms with E-state index in [0.29, 0.717) is 0 Å². The van der Waals surface area contributed by atoms with Crippen LogP contribution in [0.1, 0.15) is 38.5 Å². The lowest BCUT2D eigenvalue weighted by atomic mass is 10.1. The van der Waals surface area contributed by atoms with Crippen molar-refractivity contribution in [2.75, 3.05) is 5.75 Å². The van der Waals surface area contributed by atoms with Crippen molar-refractivity contribution in [2.24, 2.45) is 5.92 Å². The summed E-state index contributed by atoms with van der Waals surface area (Å²) < 4.78 is 0. The van der Waals surface area contributed by atoms with E-state index in [1.807, 2.05) is 0 Å². The molecule has 0 aliphatic heterocycles. The van der Waals surface area contributed by atoms with E-state index < -0.39 is 0 Å². The molecule has 1 heteroatoms. The average Bonchev–Trinajstić information content (AvgIpc) is 2.63. The molecule has 0 heterocycles. The summed E-state index contributed by atoms with van der Waals surface area (Å²) in [4.78, 5) is 0. The Morgan fingerprint density at radius 3 is 2.44 bits per heavy atom. The fraction of sp³-hybridized carbons (Fsp3) is 1.00. The maximum absolute atomic E-state index is 4.16. The van der Waals surface area contributed by atoms with Gasteiger partial charge in [0.15, 0.2) is 0 Å². The monoisotopic (exact) mass is 144 g/mol. The van der Waals surface area contributed by atoms with E-state index in [4.69, 9.17) is 0 Å². The van der Waals surface area contributed by atoms with Gasteiger partial charge in [-0.15, -0.1) is 0 Å². The fourth-order valence-electron chi connectivity index (χ4n) is 1.13. The molecule has 0 saturated heterocycles. The lowest BCUT2D eigenvalue weighted by Gasteiger charge is -1.95. The smallest absolute Gasteiger partial charge is 0.00979 e. The number of hydrogen-bond donors (Lipinski definition) is 1. The Morgan fingerprint density at radius 2 is 1.89 bits per heavy atom. The highest BCUT2D eigenvalue weighted by Gasteiger charge is 2.19. The summed E-state index contributed by atoms with van der Waals surface area (Å²) in [5.41, 5.74) is 0. The van der Waals surface area contributed by atoms with Gasteiger partial charge in [-0.25, -0.2) is 0 Å². The van der Waals surface area contributed by atoms with Crippen LogP contribution < -0.4 is 0 Å². The van der Waals surface area contributed by atoms with Gasteiger partial charge in [0, 0.05) is 0 Å². The number of rotatable bonds is 5. The zero-order valence-corrected chi connectivity index (χ0v) is 6.87. The van der Waals surface area contributed by atoms with E-state index in [2.05, 4.69) is 12.6 Å². The molecule has 0 N–H and O–H groups in total. The van der Waals surface area contributed by atoms with Crippen LogP contribution in [0.5, 0.6) is 0 Å². The Kier molecular flexibility index (Phi) is 3.49. The minimum atomic E-state index is 1.07. The minimum Gasteiger partial charge on any atom is -0.179 e. The maximum atomic E-state index is 4.16. The van der Waals surface area contributed by atoms with Gasteiger partial charge in [-0.2, -0.15) is 12.6 Å². The molecule has 0 amide bonds. The van der Waals surface area contributed by atoms with Gasteiger partial charge in [0.2, 0.25) is 0 Å². The van der Waals surface area contributed by atoms with Crippen molar-refractivity contribution in [2.45, 2.75) is 38.5 Å². The number of hydrogen-bond acceptors (Lipinski definition) is 1. The predicted octanol–water partition coefficient (Wildman–Crippen LogP) is 2.89. The Labute approximate surface area is 63.4 Å². The van der Waals surface area contributed by atoms with Crippen LogP contribution in [0.25, 0.3) is 0 Å². The molecule has 0 radical (unpaired) electrons. The van der Waals surface area contributed by atoms with Crippen molar-refractivity contribution < 1.29 is 0 Å². The topological polar surface area (TPSA) is 0 Å². The van der Waals surface area contributed by atoms with Gasteiger partial charge in [0.25, 0.3) is 0 Å². The van der Waals surface area contributed by atoms with Crippen molar-refractivity contribution >= 4 is 12.6 Å². The third-order valence-corrected chi connectivity index (χ3v) is 2.28. The van der Waals surface area contributed by atoms with Crippen molar-refractivity contribution in [1.82, 2.24) is 0 Å². The van der Waals surface area contributed by atoms with Crippen molar-refractivity contribution in [1.29, 1.82) is 0 Å². The standard InChI is InChI=1S/C8H16S/c9-7-3-1-2-4-8-5-6-8/h8-9H,1-7H2. The molecule has 0 aromatic carbocycles. The van der Waals surface area contributed by atoms with Gasteiger partial charge in [-0.05, 0) is 18.1 Å². The summed E-state index contributed by atoms with van der Waals surface area (Å²) in [6.45, 7) is 0. The van der Waals surface area contributed by atoms with Gasteiger partial charge in [0.1, 0.15) is 0 Å². The molecule has 0 bridgehead atoms. The SMILES string of the molecule is SCCCCCC1CC1. The first-order valence-corrected chi connectivity index (χ1v) is 4.67. The van der Waals surface area contributed by atoms with E-state index >= 15 is 0 Å². The van der Waals surface area contributed by atoms with Crippen LogP contribution >= 0.6 is 12.6 Å². The molecule has 0 aromatic rings. The summed E-state index contributed by atoms with van der Waals surface area (Å²) in [6, 6.07) is 0. The van der Waals surface area contributed by atoms with E-state index in [0.717, 1.165) is 11.7 Å². The molecular weight excluding hydrogens is 128 g/mol. The van der Waals surface area contributed by atoms with Crippen molar-refractivity contribution in [3.8, 4) is 0 Å². The normalized spacial score (nSPS) is 18.3. The largest absolute Gasteiger partial charge is 0.179 e. The Bertz CT molecular complexity index is 67.0. The molecule has 0 nitrogen and oxygen atoms in total. The zero-order chi connectivity index (χ0) is 6.53. The van der Waals surface area contributed by atoms with Crippen LogP contribution in [0.4, 0.5) is 0 Å². The van der Waals surface area contributed by atoms with E-state index in [1.54, 1.807) is 0 Å².